The summed E-state index contributed by atoms with van der Waals surface area (Å²) in [6.45, 7) is 3.73. The second kappa shape index (κ2) is 12.1. The highest BCUT2D eigenvalue weighted by molar-refractivity contribution is 9.10. The van der Waals surface area contributed by atoms with Crippen LogP contribution in [0.3, 0.4) is 0 Å². The number of anilines is 1. The number of hydrogen-bond acceptors (Lipinski definition) is 4. The average molecular weight is 542 g/mol. The summed E-state index contributed by atoms with van der Waals surface area (Å²) in [6, 6.07) is 11.4. The molecule has 2 rings (SSSR count). The smallest absolute Gasteiger partial charge is 0.244 e. The summed E-state index contributed by atoms with van der Waals surface area (Å²) in [4.78, 5) is 27.6. The Kier molecular flexibility index (Phi) is 9.85. The first-order valence-corrected chi connectivity index (χ1v) is 13.3. The van der Waals surface area contributed by atoms with Crippen molar-refractivity contribution in [3.8, 4) is 0 Å². The van der Waals surface area contributed by atoms with Gasteiger partial charge < -0.3 is 10.2 Å². The second-order valence-corrected chi connectivity index (χ2v) is 10.4. The van der Waals surface area contributed by atoms with Crippen LogP contribution in [0.25, 0.3) is 0 Å². The highest BCUT2D eigenvalue weighted by Crippen LogP contribution is 2.22. The van der Waals surface area contributed by atoms with E-state index < -0.39 is 34.3 Å². The molecule has 10 heteroatoms. The van der Waals surface area contributed by atoms with Gasteiger partial charge in [-0.25, -0.2) is 12.8 Å². The lowest BCUT2D eigenvalue weighted by molar-refractivity contribution is -0.140. The van der Waals surface area contributed by atoms with Gasteiger partial charge >= 0.3 is 0 Å². The minimum absolute atomic E-state index is 0.0368. The normalized spacial score (nSPS) is 12.2. The molecule has 1 atom stereocenters. The van der Waals surface area contributed by atoms with Crippen molar-refractivity contribution in [3.63, 3.8) is 0 Å². The first-order valence-electron chi connectivity index (χ1n) is 10.6. The number of halogens is 2. The van der Waals surface area contributed by atoms with Crippen molar-refractivity contribution >= 4 is 43.5 Å². The quantitative estimate of drug-likeness (QED) is 0.470. The molecule has 0 unspecified atom stereocenters. The summed E-state index contributed by atoms with van der Waals surface area (Å²) in [7, 11) is -3.78. The Morgan fingerprint density at radius 1 is 1.06 bits per heavy atom. The molecule has 2 aromatic carbocycles. The van der Waals surface area contributed by atoms with Gasteiger partial charge in [-0.15, -0.1) is 0 Å². The van der Waals surface area contributed by atoms with E-state index in [1.165, 1.54) is 29.2 Å². The van der Waals surface area contributed by atoms with Gasteiger partial charge in [0.25, 0.3) is 0 Å². The van der Waals surface area contributed by atoms with E-state index in [0.29, 0.717) is 24.2 Å². The van der Waals surface area contributed by atoms with Crippen molar-refractivity contribution in [2.45, 2.75) is 39.3 Å². The fourth-order valence-corrected chi connectivity index (χ4v) is 4.41. The minimum atomic E-state index is -3.78. The average Bonchev–Trinajstić information content (AvgIpc) is 2.77. The molecule has 2 aromatic rings. The Morgan fingerprint density at radius 3 is 2.18 bits per heavy atom. The summed E-state index contributed by atoms with van der Waals surface area (Å²) in [5.41, 5.74) is 0.959. The predicted molar refractivity (Wildman–Crippen MR) is 131 cm³/mol. The van der Waals surface area contributed by atoms with E-state index in [1.54, 1.807) is 31.2 Å². The number of carbonyl (C=O) groups is 2. The zero-order valence-electron chi connectivity index (χ0n) is 18.9. The number of nitrogens with zero attached hydrogens (tertiary/aromatic N) is 2. The monoisotopic (exact) mass is 541 g/mol. The third kappa shape index (κ3) is 7.82. The van der Waals surface area contributed by atoms with Crippen LogP contribution in [-0.4, -0.2) is 50.5 Å². The first-order chi connectivity index (χ1) is 15.6. The highest BCUT2D eigenvalue weighted by Gasteiger charge is 2.31. The van der Waals surface area contributed by atoms with E-state index in [-0.39, 0.29) is 12.5 Å². The third-order valence-corrected chi connectivity index (χ3v) is 6.66. The molecule has 0 aromatic heterocycles. The summed E-state index contributed by atoms with van der Waals surface area (Å²) in [6.07, 6.45) is 2.09. The maximum atomic E-state index is 13.4. The van der Waals surface area contributed by atoms with Gasteiger partial charge in [-0.2, -0.15) is 0 Å². The Labute approximate surface area is 203 Å². The van der Waals surface area contributed by atoms with Crippen molar-refractivity contribution < 1.29 is 22.4 Å². The van der Waals surface area contributed by atoms with Gasteiger partial charge in [0.2, 0.25) is 21.8 Å². The molecule has 0 heterocycles. The fraction of sp³-hybridized carbons (Fsp3) is 0.391. The number of rotatable bonds is 11. The molecule has 7 nitrogen and oxygen atoms in total. The van der Waals surface area contributed by atoms with Crippen molar-refractivity contribution in [1.82, 2.24) is 10.2 Å². The maximum absolute atomic E-state index is 13.4. The maximum Gasteiger partial charge on any atom is 0.244 e. The summed E-state index contributed by atoms with van der Waals surface area (Å²) >= 11 is 3.31. The molecule has 0 aliphatic heterocycles. The highest BCUT2D eigenvalue weighted by atomic mass is 79.9. The van der Waals surface area contributed by atoms with Crippen molar-refractivity contribution in [1.29, 1.82) is 0 Å². The SMILES string of the molecule is CCCNC(=O)[C@H](CC)N(Cc1ccc(F)cc1)C(=O)CN(c1ccc(Br)cc1)S(C)(=O)=O. The van der Waals surface area contributed by atoms with Crippen LogP contribution in [0.4, 0.5) is 10.1 Å². The van der Waals surface area contributed by atoms with E-state index in [1.807, 2.05) is 6.92 Å². The number of hydrogen-bond donors (Lipinski definition) is 1. The summed E-state index contributed by atoms with van der Waals surface area (Å²) in [5.74, 6) is -1.27. The van der Waals surface area contributed by atoms with Gasteiger partial charge in [-0.1, -0.05) is 41.9 Å². The number of amides is 2. The van der Waals surface area contributed by atoms with Gasteiger partial charge in [0.15, 0.2) is 0 Å². The van der Waals surface area contributed by atoms with Crippen LogP contribution in [-0.2, 0) is 26.2 Å². The lowest BCUT2D eigenvalue weighted by Gasteiger charge is -2.32. The van der Waals surface area contributed by atoms with Gasteiger partial charge in [0.1, 0.15) is 18.4 Å². The lowest BCUT2D eigenvalue weighted by atomic mass is 10.1. The number of nitrogens with one attached hydrogen (secondary N) is 1. The van der Waals surface area contributed by atoms with Crippen LogP contribution in [0.15, 0.2) is 53.0 Å². The van der Waals surface area contributed by atoms with E-state index in [2.05, 4.69) is 21.2 Å². The molecule has 33 heavy (non-hydrogen) atoms. The van der Waals surface area contributed by atoms with E-state index >= 15 is 0 Å². The molecule has 0 spiro atoms. The van der Waals surface area contributed by atoms with E-state index in [9.17, 15) is 22.4 Å². The Hall–Kier alpha value is -2.46. The van der Waals surface area contributed by atoms with Gasteiger partial charge in [-0.05, 0) is 54.8 Å². The van der Waals surface area contributed by atoms with Crippen LogP contribution >= 0.6 is 15.9 Å². The van der Waals surface area contributed by atoms with Crippen LogP contribution in [0.5, 0.6) is 0 Å². The van der Waals surface area contributed by atoms with Crippen molar-refractivity contribution in [2.75, 3.05) is 23.7 Å². The zero-order valence-corrected chi connectivity index (χ0v) is 21.3. The Bertz CT molecular complexity index is 1050. The molecule has 0 saturated carbocycles. The lowest BCUT2D eigenvalue weighted by Crippen LogP contribution is -2.52. The standard InChI is InChI=1S/C23H29BrFN3O4S/c1-4-14-26-23(30)21(5-2)27(15-17-6-10-19(25)11-7-17)22(29)16-28(33(3,31)32)20-12-8-18(24)9-13-20/h6-13,21H,4-5,14-16H2,1-3H3,(H,26,30)/t21-/m0/s1. The van der Waals surface area contributed by atoms with Gasteiger partial charge in [0.05, 0.1) is 11.9 Å². The molecule has 2 amide bonds. The number of benzene rings is 2. The molecular formula is C23H29BrFN3O4S. The van der Waals surface area contributed by atoms with E-state index in [0.717, 1.165) is 21.5 Å². The summed E-state index contributed by atoms with van der Waals surface area (Å²) in [5, 5.41) is 2.81. The van der Waals surface area contributed by atoms with Crippen molar-refractivity contribution in [3.05, 3.63) is 64.4 Å². The van der Waals surface area contributed by atoms with Gasteiger partial charge in [0, 0.05) is 17.6 Å². The van der Waals surface area contributed by atoms with E-state index in [4.69, 9.17) is 0 Å². The van der Waals surface area contributed by atoms with Crippen LogP contribution in [0.1, 0.15) is 32.3 Å². The van der Waals surface area contributed by atoms with Crippen LogP contribution in [0.2, 0.25) is 0 Å². The third-order valence-electron chi connectivity index (χ3n) is 5.00. The molecule has 180 valence electrons. The molecule has 1 N–H and O–H groups in total. The predicted octanol–water partition coefficient (Wildman–Crippen LogP) is 3.69. The Morgan fingerprint density at radius 2 is 1.67 bits per heavy atom. The molecule has 0 saturated heterocycles. The van der Waals surface area contributed by atoms with Crippen molar-refractivity contribution in [2.24, 2.45) is 0 Å². The molecule has 0 aliphatic carbocycles. The first kappa shape index (κ1) is 26.8. The topological polar surface area (TPSA) is 86.8 Å². The zero-order chi connectivity index (χ0) is 24.6. The second-order valence-electron chi connectivity index (χ2n) is 7.61. The number of carbonyl (C=O) groups excluding carboxylic acids is 2. The molecule has 0 radical (unpaired) electrons. The molecule has 0 fully saturated rings. The summed E-state index contributed by atoms with van der Waals surface area (Å²) < 4.78 is 40.2. The number of sulfonamides is 1. The molecular weight excluding hydrogens is 513 g/mol. The van der Waals surface area contributed by atoms with Gasteiger partial charge in [-0.3, -0.25) is 13.9 Å². The minimum Gasteiger partial charge on any atom is -0.354 e. The largest absolute Gasteiger partial charge is 0.354 e. The molecule has 0 bridgehead atoms. The fourth-order valence-electron chi connectivity index (χ4n) is 3.29. The van der Waals surface area contributed by atoms with Crippen LogP contribution in [0, 0.1) is 5.82 Å². The van der Waals surface area contributed by atoms with Crippen LogP contribution < -0.4 is 9.62 Å². The molecule has 0 aliphatic rings. The Balaban J connectivity index is 2.39.